The van der Waals surface area contributed by atoms with E-state index in [1.807, 2.05) is 0 Å². The van der Waals surface area contributed by atoms with Gasteiger partial charge >= 0.3 is 0 Å². The van der Waals surface area contributed by atoms with Crippen molar-refractivity contribution < 1.29 is 0 Å². The Morgan fingerprint density at radius 3 is 2.69 bits per heavy atom. The maximum absolute atomic E-state index is 6.28. The van der Waals surface area contributed by atoms with Gasteiger partial charge in [-0.2, -0.15) is 0 Å². The topological polar surface area (TPSA) is 15.3 Å². The number of halogens is 1. The number of hydrogen-bond acceptors (Lipinski definition) is 2. The fourth-order valence-corrected chi connectivity index (χ4v) is 2.35. The molecule has 0 aromatic heterocycles. The summed E-state index contributed by atoms with van der Waals surface area (Å²) in [6.07, 6.45) is 2.60. The third-order valence-electron chi connectivity index (χ3n) is 3.07. The summed E-state index contributed by atoms with van der Waals surface area (Å²) in [4.78, 5) is 2.41. The van der Waals surface area contributed by atoms with Gasteiger partial charge in [-0.05, 0) is 37.1 Å². The Morgan fingerprint density at radius 1 is 1.31 bits per heavy atom. The highest BCUT2D eigenvalue weighted by Crippen LogP contribution is 2.26. The van der Waals surface area contributed by atoms with E-state index >= 15 is 0 Å². The van der Waals surface area contributed by atoms with Crippen molar-refractivity contribution in [2.24, 2.45) is 0 Å². The van der Waals surface area contributed by atoms with Gasteiger partial charge in [-0.25, -0.2) is 0 Å². The molecule has 2 nitrogen and oxygen atoms in total. The molecule has 0 amide bonds. The van der Waals surface area contributed by atoms with Crippen LogP contribution in [0.5, 0.6) is 0 Å². The van der Waals surface area contributed by atoms with Crippen molar-refractivity contribution in [2.45, 2.75) is 26.3 Å². The van der Waals surface area contributed by atoms with Gasteiger partial charge in [0.15, 0.2) is 0 Å². The van der Waals surface area contributed by atoms with Crippen molar-refractivity contribution >= 4 is 17.3 Å². The summed E-state index contributed by atoms with van der Waals surface area (Å²) in [5.41, 5.74) is 2.45. The molecule has 0 saturated carbocycles. The molecular weight excluding hydrogens is 220 g/mol. The SMILES string of the molecule is CCNCc1ccc(N2CCCC2)cc1Cl. The summed E-state index contributed by atoms with van der Waals surface area (Å²) in [6.45, 7) is 6.28. The first kappa shape index (κ1) is 11.7. The lowest BCUT2D eigenvalue weighted by Gasteiger charge is -2.18. The molecule has 1 saturated heterocycles. The van der Waals surface area contributed by atoms with Gasteiger partial charge in [0.2, 0.25) is 0 Å². The van der Waals surface area contributed by atoms with Crippen molar-refractivity contribution in [2.75, 3.05) is 24.5 Å². The molecule has 1 heterocycles. The normalized spacial score (nSPS) is 15.8. The molecule has 16 heavy (non-hydrogen) atoms. The zero-order valence-corrected chi connectivity index (χ0v) is 10.6. The first-order valence-corrected chi connectivity index (χ1v) is 6.43. The number of hydrogen-bond donors (Lipinski definition) is 1. The fraction of sp³-hybridized carbons (Fsp3) is 0.538. The summed E-state index contributed by atoms with van der Waals surface area (Å²) in [5, 5.41) is 4.18. The van der Waals surface area contributed by atoms with Crippen LogP contribution < -0.4 is 10.2 Å². The zero-order valence-electron chi connectivity index (χ0n) is 9.80. The molecule has 1 aromatic rings. The van der Waals surface area contributed by atoms with E-state index in [0.29, 0.717) is 0 Å². The summed E-state index contributed by atoms with van der Waals surface area (Å²) in [5.74, 6) is 0. The van der Waals surface area contributed by atoms with E-state index in [1.54, 1.807) is 0 Å². The Labute approximate surface area is 103 Å². The number of benzene rings is 1. The van der Waals surface area contributed by atoms with Gasteiger partial charge in [0.05, 0.1) is 0 Å². The average molecular weight is 239 g/mol. The lowest BCUT2D eigenvalue weighted by atomic mass is 10.2. The van der Waals surface area contributed by atoms with Crippen molar-refractivity contribution in [3.63, 3.8) is 0 Å². The Balaban J connectivity index is 2.09. The second-order valence-electron chi connectivity index (χ2n) is 4.25. The average Bonchev–Trinajstić information content (AvgIpc) is 2.81. The first-order valence-electron chi connectivity index (χ1n) is 6.05. The van der Waals surface area contributed by atoms with E-state index in [1.165, 1.54) is 37.2 Å². The molecule has 0 bridgehead atoms. The summed E-state index contributed by atoms with van der Waals surface area (Å²) in [6, 6.07) is 6.42. The highest BCUT2D eigenvalue weighted by Gasteiger charge is 2.13. The van der Waals surface area contributed by atoms with Gasteiger partial charge < -0.3 is 10.2 Å². The molecule has 2 rings (SSSR count). The van der Waals surface area contributed by atoms with Crippen LogP contribution in [0, 0.1) is 0 Å². The van der Waals surface area contributed by atoms with Crippen molar-refractivity contribution in [1.82, 2.24) is 5.32 Å². The van der Waals surface area contributed by atoms with E-state index < -0.39 is 0 Å². The minimum Gasteiger partial charge on any atom is -0.371 e. The lowest BCUT2D eigenvalue weighted by molar-refractivity contribution is 0.727. The Hall–Kier alpha value is -0.730. The fourth-order valence-electron chi connectivity index (χ4n) is 2.11. The molecule has 1 N–H and O–H groups in total. The zero-order chi connectivity index (χ0) is 11.4. The van der Waals surface area contributed by atoms with Crippen LogP contribution in [0.15, 0.2) is 18.2 Å². The van der Waals surface area contributed by atoms with Gasteiger partial charge in [-0.1, -0.05) is 24.6 Å². The van der Waals surface area contributed by atoms with E-state index in [2.05, 4.69) is 35.3 Å². The van der Waals surface area contributed by atoms with E-state index in [9.17, 15) is 0 Å². The predicted molar refractivity (Wildman–Crippen MR) is 70.3 cm³/mol. The van der Waals surface area contributed by atoms with Crippen LogP contribution >= 0.6 is 11.6 Å². The quantitative estimate of drug-likeness (QED) is 0.868. The highest BCUT2D eigenvalue weighted by molar-refractivity contribution is 6.31. The molecular formula is C13H19ClN2. The Kier molecular flexibility index (Phi) is 4.08. The van der Waals surface area contributed by atoms with Crippen molar-refractivity contribution in [1.29, 1.82) is 0 Å². The summed E-state index contributed by atoms with van der Waals surface area (Å²) >= 11 is 6.28. The molecule has 88 valence electrons. The summed E-state index contributed by atoms with van der Waals surface area (Å²) < 4.78 is 0. The van der Waals surface area contributed by atoms with E-state index in [0.717, 1.165) is 18.1 Å². The van der Waals surface area contributed by atoms with Crippen LogP contribution in [-0.4, -0.2) is 19.6 Å². The van der Waals surface area contributed by atoms with E-state index in [-0.39, 0.29) is 0 Å². The third kappa shape index (κ3) is 2.69. The second-order valence-corrected chi connectivity index (χ2v) is 4.66. The van der Waals surface area contributed by atoms with Gasteiger partial charge in [0.1, 0.15) is 0 Å². The molecule has 0 unspecified atom stereocenters. The van der Waals surface area contributed by atoms with Crippen LogP contribution in [0.3, 0.4) is 0 Å². The lowest BCUT2D eigenvalue weighted by Crippen LogP contribution is -2.18. The molecule has 1 aliphatic heterocycles. The van der Waals surface area contributed by atoms with Gasteiger partial charge in [0, 0.05) is 30.3 Å². The van der Waals surface area contributed by atoms with E-state index in [4.69, 9.17) is 11.6 Å². The van der Waals surface area contributed by atoms with Gasteiger partial charge in [-0.15, -0.1) is 0 Å². The van der Waals surface area contributed by atoms with Gasteiger partial charge in [-0.3, -0.25) is 0 Å². The molecule has 3 heteroatoms. The summed E-state index contributed by atoms with van der Waals surface area (Å²) in [7, 11) is 0. The molecule has 0 radical (unpaired) electrons. The van der Waals surface area contributed by atoms with Crippen molar-refractivity contribution in [3.8, 4) is 0 Å². The smallest absolute Gasteiger partial charge is 0.0471 e. The number of anilines is 1. The molecule has 0 spiro atoms. The highest BCUT2D eigenvalue weighted by atomic mass is 35.5. The molecule has 1 fully saturated rings. The number of nitrogens with one attached hydrogen (secondary N) is 1. The monoisotopic (exact) mass is 238 g/mol. The van der Waals surface area contributed by atoms with Crippen LogP contribution in [-0.2, 0) is 6.54 Å². The minimum absolute atomic E-state index is 0.857. The van der Waals surface area contributed by atoms with Crippen LogP contribution in [0.2, 0.25) is 5.02 Å². The van der Waals surface area contributed by atoms with Crippen LogP contribution in [0.4, 0.5) is 5.69 Å². The largest absolute Gasteiger partial charge is 0.371 e. The second kappa shape index (κ2) is 5.55. The first-order chi connectivity index (χ1) is 7.81. The predicted octanol–water partition coefficient (Wildman–Crippen LogP) is 3.05. The molecule has 0 atom stereocenters. The maximum atomic E-state index is 6.28. The Bertz CT molecular complexity index is 346. The minimum atomic E-state index is 0.857. The number of nitrogens with zero attached hydrogens (tertiary/aromatic N) is 1. The van der Waals surface area contributed by atoms with Crippen molar-refractivity contribution in [3.05, 3.63) is 28.8 Å². The van der Waals surface area contributed by atoms with Gasteiger partial charge in [0.25, 0.3) is 0 Å². The maximum Gasteiger partial charge on any atom is 0.0471 e. The third-order valence-corrected chi connectivity index (χ3v) is 3.43. The Morgan fingerprint density at radius 2 is 2.06 bits per heavy atom. The molecule has 0 aliphatic carbocycles. The standard InChI is InChI=1S/C13H19ClN2/c1-2-15-10-11-5-6-12(9-13(11)14)16-7-3-4-8-16/h5-6,9,15H,2-4,7-8,10H2,1H3. The van der Waals surface area contributed by atoms with Crippen LogP contribution in [0.1, 0.15) is 25.3 Å². The molecule has 1 aliphatic rings. The number of rotatable bonds is 4. The molecule has 1 aromatic carbocycles. The van der Waals surface area contributed by atoms with Crippen LogP contribution in [0.25, 0.3) is 0 Å².